The lowest BCUT2D eigenvalue weighted by Crippen LogP contribution is -2.68. The number of nitrogens with zero attached hydrogens (tertiary/aromatic N) is 1. The van der Waals surface area contributed by atoms with Gasteiger partial charge in [0.05, 0.1) is 12.7 Å². The van der Waals surface area contributed by atoms with E-state index in [1.807, 2.05) is 0 Å². The molecule has 0 bridgehead atoms. The highest BCUT2D eigenvalue weighted by Gasteiger charge is 2.51. The second-order valence-electron chi connectivity index (χ2n) is 8.12. The van der Waals surface area contributed by atoms with Crippen LogP contribution in [0.15, 0.2) is 12.0 Å². The van der Waals surface area contributed by atoms with Crippen LogP contribution in [0.25, 0.3) is 0 Å². The Kier molecular flexibility index (Phi) is 6.77. The Labute approximate surface area is 169 Å². The Morgan fingerprint density at radius 2 is 2.07 bits per heavy atom. The first kappa shape index (κ1) is 21.9. The van der Waals surface area contributed by atoms with Crippen molar-refractivity contribution in [1.29, 1.82) is 0 Å². The van der Waals surface area contributed by atoms with Gasteiger partial charge < -0.3 is 25.0 Å². The van der Waals surface area contributed by atoms with Gasteiger partial charge >= 0.3 is 12.0 Å². The molecule has 1 saturated heterocycles. The van der Waals surface area contributed by atoms with Crippen molar-refractivity contribution in [3.05, 3.63) is 12.0 Å². The zero-order valence-electron chi connectivity index (χ0n) is 16.6. The first-order valence-corrected chi connectivity index (χ1v) is 10.2. The number of halogens is 1. The Hall–Kier alpha value is -1.75. The predicted molar refractivity (Wildman–Crippen MR) is 99.6 cm³/mol. The van der Waals surface area contributed by atoms with Crippen molar-refractivity contribution >= 4 is 12.0 Å². The smallest absolute Gasteiger partial charge is 0.354 e. The minimum atomic E-state index is -2.44. The minimum Gasteiger partial charge on any atom is -0.463 e. The predicted octanol–water partition coefficient (Wildman–Crippen LogP) is 0.848. The molecule has 0 radical (unpaired) electrons. The van der Waals surface area contributed by atoms with Crippen molar-refractivity contribution in [1.82, 2.24) is 10.2 Å². The van der Waals surface area contributed by atoms with E-state index in [9.17, 15) is 24.2 Å². The number of hydrogen-bond acceptors (Lipinski definition) is 7. The highest BCUT2D eigenvalue weighted by molar-refractivity contribution is 5.91. The molecule has 0 aromatic carbocycles. The van der Waals surface area contributed by atoms with Crippen molar-refractivity contribution in [2.24, 2.45) is 11.7 Å². The molecule has 29 heavy (non-hydrogen) atoms. The van der Waals surface area contributed by atoms with Gasteiger partial charge in [0.25, 0.3) is 0 Å². The number of urea groups is 1. The molecule has 2 amide bonds. The molecule has 0 aromatic heterocycles. The van der Waals surface area contributed by atoms with Gasteiger partial charge in [-0.15, -0.1) is 0 Å². The van der Waals surface area contributed by atoms with Crippen LogP contribution in [0.2, 0.25) is 0 Å². The summed E-state index contributed by atoms with van der Waals surface area (Å²) in [6.45, 7) is 1.60. The molecule has 0 spiro atoms. The van der Waals surface area contributed by atoms with E-state index in [0.29, 0.717) is 18.5 Å². The largest absolute Gasteiger partial charge is 0.463 e. The van der Waals surface area contributed by atoms with E-state index in [4.69, 9.17) is 15.2 Å². The monoisotopic (exact) mass is 415 g/mol. The standard InChI is InChI=1S/C19H30FN3O6/c1-11-14(24)15(25)16(29-11)23-10-13(20)19(21,22-18(23)27)17(26)28-9-5-8-12-6-3-2-4-7-12/h10-12,14-16,24-25H,2-9,21H2,1H3,(H,22,27)/t11-,14-,15-,16-,19?/m1/s1. The van der Waals surface area contributed by atoms with Crippen molar-refractivity contribution in [3.8, 4) is 0 Å². The number of esters is 1. The molecule has 1 saturated carbocycles. The summed E-state index contributed by atoms with van der Waals surface area (Å²) in [5.41, 5.74) is 3.34. The quantitative estimate of drug-likeness (QED) is 0.373. The molecule has 5 N–H and O–H groups in total. The Morgan fingerprint density at radius 3 is 2.69 bits per heavy atom. The Morgan fingerprint density at radius 1 is 1.38 bits per heavy atom. The van der Waals surface area contributed by atoms with Crippen LogP contribution in [0.1, 0.15) is 51.9 Å². The molecular weight excluding hydrogens is 385 g/mol. The van der Waals surface area contributed by atoms with Gasteiger partial charge in [0, 0.05) is 6.20 Å². The molecule has 2 heterocycles. The second kappa shape index (κ2) is 8.95. The fourth-order valence-electron chi connectivity index (χ4n) is 4.10. The molecule has 1 unspecified atom stereocenters. The Bertz CT molecular complexity index is 656. The summed E-state index contributed by atoms with van der Waals surface area (Å²) >= 11 is 0. The summed E-state index contributed by atoms with van der Waals surface area (Å²) in [4.78, 5) is 25.5. The first-order chi connectivity index (χ1) is 13.7. The summed E-state index contributed by atoms with van der Waals surface area (Å²) in [7, 11) is 0. The fraction of sp³-hybridized carbons (Fsp3) is 0.789. The van der Waals surface area contributed by atoms with E-state index in [2.05, 4.69) is 5.32 Å². The van der Waals surface area contributed by atoms with Crippen LogP contribution in [-0.2, 0) is 14.3 Å². The summed E-state index contributed by atoms with van der Waals surface area (Å²) in [6, 6.07) is -0.946. The summed E-state index contributed by atoms with van der Waals surface area (Å²) in [6.07, 6.45) is 3.64. The third-order valence-corrected chi connectivity index (χ3v) is 5.96. The van der Waals surface area contributed by atoms with Gasteiger partial charge in [-0.3, -0.25) is 10.6 Å². The van der Waals surface area contributed by atoms with Crippen LogP contribution in [-0.4, -0.2) is 63.9 Å². The SMILES string of the molecule is C[C@H]1O[C@@H](N2C=C(F)C(N)(C(=O)OCCCC3CCCCC3)NC2=O)[C@H](O)[C@@H]1O. The van der Waals surface area contributed by atoms with Gasteiger partial charge in [0.2, 0.25) is 5.66 Å². The number of amides is 2. The highest BCUT2D eigenvalue weighted by atomic mass is 19.1. The lowest BCUT2D eigenvalue weighted by Gasteiger charge is -2.37. The summed E-state index contributed by atoms with van der Waals surface area (Å²) in [5.74, 6) is -1.62. The zero-order valence-corrected chi connectivity index (χ0v) is 16.6. The van der Waals surface area contributed by atoms with E-state index in [1.165, 1.54) is 39.0 Å². The molecule has 9 nitrogen and oxygen atoms in total. The molecule has 2 fully saturated rings. The number of aliphatic hydroxyl groups excluding tert-OH is 2. The molecule has 0 aromatic rings. The number of aliphatic hydroxyl groups is 2. The van der Waals surface area contributed by atoms with E-state index in [0.717, 1.165) is 11.3 Å². The van der Waals surface area contributed by atoms with Gasteiger partial charge in [-0.1, -0.05) is 32.1 Å². The number of nitrogens with two attached hydrogens (primary N) is 1. The van der Waals surface area contributed by atoms with Gasteiger partial charge in [0.1, 0.15) is 12.2 Å². The zero-order chi connectivity index (χ0) is 21.2. The highest BCUT2D eigenvalue weighted by Crippen LogP contribution is 2.30. The molecule has 1 aliphatic carbocycles. The topological polar surface area (TPSA) is 134 Å². The third-order valence-electron chi connectivity index (χ3n) is 5.96. The second-order valence-corrected chi connectivity index (χ2v) is 8.12. The lowest BCUT2D eigenvalue weighted by atomic mass is 9.86. The van der Waals surface area contributed by atoms with Crippen molar-refractivity contribution in [2.75, 3.05) is 6.61 Å². The normalized spacial score (nSPS) is 36.0. The molecular formula is C19H30FN3O6. The number of hydrogen-bond donors (Lipinski definition) is 4. The van der Waals surface area contributed by atoms with Crippen LogP contribution in [0.4, 0.5) is 9.18 Å². The van der Waals surface area contributed by atoms with E-state index in [1.54, 1.807) is 0 Å². The Balaban J connectivity index is 1.56. The van der Waals surface area contributed by atoms with Crippen molar-refractivity contribution in [3.63, 3.8) is 0 Å². The number of ether oxygens (including phenoxy) is 2. The first-order valence-electron chi connectivity index (χ1n) is 10.2. The maximum absolute atomic E-state index is 14.7. The maximum atomic E-state index is 14.7. The van der Waals surface area contributed by atoms with Crippen LogP contribution < -0.4 is 11.1 Å². The van der Waals surface area contributed by atoms with Crippen LogP contribution in [0.5, 0.6) is 0 Å². The van der Waals surface area contributed by atoms with Crippen LogP contribution >= 0.6 is 0 Å². The molecule has 3 rings (SSSR count). The number of rotatable bonds is 6. The van der Waals surface area contributed by atoms with Crippen LogP contribution in [0, 0.1) is 5.92 Å². The average Bonchev–Trinajstić information content (AvgIpc) is 2.96. The molecule has 164 valence electrons. The van der Waals surface area contributed by atoms with E-state index in [-0.39, 0.29) is 6.61 Å². The summed E-state index contributed by atoms with van der Waals surface area (Å²) in [5, 5.41) is 21.9. The van der Waals surface area contributed by atoms with Crippen molar-refractivity contribution < 1.29 is 33.7 Å². The van der Waals surface area contributed by atoms with Crippen molar-refractivity contribution in [2.45, 2.75) is 82.1 Å². The minimum absolute atomic E-state index is 0.0926. The number of carbonyl (C=O) groups excluding carboxylic acids is 2. The van der Waals surface area contributed by atoms with Gasteiger partial charge in [-0.2, -0.15) is 0 Å². The molecule has 3 aliphatic rings. The van der Waals surface area contributed by atoms with Gasteiger partial charge in [-0.25, -0.2) is 14.0 Å². The third kappa shape index (κ3) is 4.55. The fourth-order valence-corrected chi connectivity index (χ4v) is 4.10. The summed E-state index contributed by atoms with van der Waals surface area (Å²) < 4.78 is 25.1. The number of nitrogens with one attached hydrogen (secondary N) is 1. The average molecular weight is 415 g/mol. The van der Waals surface area contributed by atoms with Crippen LogP contribution in [0.3, 0.4) is 0 Å². The van der Waals surface area contributed by atoms with E-state index < -0.39 is 48.0 Å². The molecule has 5 atom stereocenters. The molecule has 2 aliphatic heterocycles. The number of carbonyl (C=O) groups is 2. The molecule has 10 heteroatoms. The maximum Gasteiger partial charge on any atom is 0.354 e. The van der Waals surface area contributed by atoms with Gasteiger partial charge in [0.15, 0.2) is 12.1 Å². The lowest BCUT2D eigenvalue weighted by molar-refractivity contribution is -0.151. The van der Waals surface area contributed by atoms with E-state index >= 15 is 0 Å². The van der Waals surface area contributed by atoms with Gasteiger partial charge in [-0.05, 0) is 25.7 Å².